The molecular weight excluding hydrogens is 511 g/mol. The zero-order valence-electron chi connectivity index (χ0n) is 20.0. The first-order chi connectivity index (χ1) is 17.6. The van der Waals surface area contributed by atoms with Crippen LogP contribution in [-0.4, -0.2) is 34.4 Å². The minimum Gasteiger partial charge on any atom is -0.324 e. The molecule has 0 aromatic heterocycles. The summed E-state index contributed by atoms with van der Waals surface area (Å²) in [6, 6.07) is 20.1. The predicted octanol–water partition coefficient (Wildman–Crippen LogP) is 4.81. The van der Waals surface area contributed by atoms with E-state index in [9.17, 15) is 19.2 Å². The third kappa shape index (κ3) is 3.00. The van der Waals surface area contributed by atoms with E-state index in [4.69, 9.17) is 23.2 Å². The van der Waals surface area contributed by atoms with Crippen LogP contribution in [0.3, 0.4) is 0 Å². The van der Waals surface area contributed by atoms with Gasteiger partial charge in [0, 0.05) is 11.3 Å². The van der Waals surface area contributed by atoms with Crippen LogP contribution in [-0.2, 0) is 24.1 Å². The van der Waals surface area contributed by atoms with E-state index in [1.807, 2.05) is 48.5 Å². The number of likely N-dealkylation sites (tertiary alicyclic amines) is 1. The van der Waals surface area contributed by atoms with Gasteiger partial charge in [0.1, 0.15) is 15.8 Å². The molecule has 0 unspecified atom stereocenters. The standard InChI is InChI=1S/C29H22Cl2N2O4/c1-15(25(35)32-18-13-11-17(12-14-18)16(2)34)33-26(36)23-24(27(33)37)29(31)20-8-4-3-7-19(20)28(23,30)21-9-5-6-10-22(21)29/h3-15,23-24H,1-2H3,(H,32,35)/t15-,23-,24+,28?,29?/m0/s1. The Labute approximate surface area is 223 Å². The number of hydrogen-bond donors (Lipinski definition) is 1. The highest BCUT2D eigenvalue weighted by atomic mass is 35.5. The van der Waals surface area contributed by atoms with Crippen LogP contribution in [0.1, 0.15) is 46.5 Å². The number of nitrogens with one attached hydrogen (secondary N) is 1. The fourth-order valence-corrected chi connectivity index (χ4v) is 7.32. The second kappa shape index (κ2) is 8.01. The number of halogens is 2. The number of Topliss-reactive ketones (excluding diaryl/α,β-unsaturated/α-hetero) is 1. The number of nitrogens with zero attached hydrogens (tertiary/aromatic N) is 1. The average molecular weight is 533 g/mol. The van der Waals surface area contributed by atoms with E-state index in [1.165, 1.54) is 13.8 Å². The molecule has 1 saturated heterocycles. The van der Waals surface area contributed by atoms with Gasteiger partial charge in [-0.1, -0.05) is 48.5 Å². The van der Waals surface area contributed by atoms with Gasteiger partial charge < -0.3 is 5.32 Å². The van der Waals surface area contributed by atoms with Crippen molar-refractivity contribution in [1.29, 1.82) is 0 Å². The maximum absolute atomic E-state index is 14.0. The number of alkyl halides is 2. The van der Waals surface area contributed by atoms with E-state index in [0.717, 1.165) is 4.90 Å². The molecule has 0 spiro atoms. The van der Waals surface area contributed by atoms with Crippen LogP contribution in [0.2, 0.25) is 0 Å². The molecule has 3 aromatic rings. The van der Waals surface area contributed by atoms with Gasteiger partial charge in [-0.25, -0.2) is 0 Å². The Bertz CT molecular complexity index is 1390. The number of ketones is 1. The number of anilines is 1. The van der Waals surface area contributed by atoms with Crippen LogP contribution in [0.5, 0.6) is 0 Å². The topological polar surface area (TPSA) is 83.6 Å². The lowest BCUT2D eigenvalue weighted by molar-refractivity contribution is -0.146. The van der Waals surface area contributed by atoms with Crippen LogP contribution in [0.25, 0.3) is 0 Å². The van der Waals surface area contributed by atoms with Crippen molar-refractivity contribution in [2.24, 2.45) is 11.8 Å². The van der Waals surface area contributed by atoms with Crippen LogP contribution in [0.4, 0.5) is 5.69 Å². The summed E-state index contributed by atoms with van der Waals surface area (Å²) in [4.78, 5) is 51.1. The van der Waals surface area contributed by atoms with Gasteiger partial charge in [0.25, 0.3) is 0 Å². The molecule has 3 atom stereocenters. The first-order valence-electron chi connectivity index (χ1n) is 12.0. The van der Waals surface area contributed by atoms with Gasteiger partial charge in [0.15, 0.2) is 5.78 Å². The van der Waals surface area contributed by atoms with Crippen LogP contribution >= 0.6 is 23.2 Å². The Morgan fingerprint density at radius 2 is 1.19 bits per heavy atom. The number of hydrogen-bond acceptors (Lipinski definition) is 4. The molecular formula is C29H22Cl2N2O4. The van der Waals surface area contributed by atoms with E-state index in [0.29, 0.717) is 33.5 Å². The van der Waals surface area contributed by atoms with Crippen molar-refractivity contribution in [2.75, 3.05) is 5.32 Å². The molecule has 1 N–H and O–H groups in total. The van der Waals surface area contributed by atoms with Gasteiger partial charge in [-0.2, -0.15) is 0 Å². The number of imide groups is 1. The monoisotopic (exact) mass is 532 g/mol. The zero-order chi connectivity index (χ0) is 26.3. The average Bonchev–Trinajstić information content (AvgIpc) is 3.18. The van der Waals surface area contributed by atoms with Crippen LogP contribution in [0.15, 0.2) is 72.8 Å². The smallest absolute Gasteiger partial charge is 0.247 e. The summed E-state index contributed by atoms with van der Waals surface area (Å²) in [5.74, 6) is -3.60. The Kier molecular flexibility index (Phi) is 5.17. The van der Waals surface area contributed by atoms with Gasteiger partial charge in [0.2, 0.25) is 17.7 Å². The Balaban J connectivity index is 1.40. The van der Waals surface area contributed by atoms with Crippen molar-refractivity contribution in [3.05, 3.63) is 101 Å². The molecule has 7 rings (SSSR count). The van der Waals surface area contributed by atoms with Gasteiger partial charge in [-0.3, -0.25) is 24.1 Å². The van der Waals surface area contributed by atoms with Gasteiger partial charge in [0.05, 0.1) is 11.8 Å². The fourth-order valence-electron chi connectivity index (χ4n) is 6.22. The Morgan fingerprint density at radius 3 is 1.57 bits per heavy atom. The normalized spacial score (nSPS) is 27.8. The summed E-state index contributed by atoms with van der Waals surface area (Å²) in [5, 5.41) is 2.74. The maximum Gasteiger partial charge on any atom is 0.247 e. The quantitative estimate of drug-likeness (QED) is 0.297. The molecule has 186 valence electrons. The second-order valence-electron chi connectivity index (χ2n) is 9.82. The first-order valence-corrected chi connectivity index (χ1v) is 12.7. The largest absolute Gasteiger partial charge is 0.324 e. The number of benzene rings is 3. The van der Waals surface area contributed by atoms with Crippen molar-refractivity contribution < 1.29 is 19.2 Å². The highest BCUT2D eigenvalue weighted by molar-refractivity contribution is 6.36. The number of carbonyl (C=O) groups excluding carboxylic acids is 4. The number of amides is 3. The molecule has 3 aliphatic carbocycles. The lowest BCUT2D eigenvalue weighted by atomic mass is 9.54. The van der Waals surface area contributed by atoms with Gasteiger partial charge in [-0.05, 0) is 60.4 Å². The minimum atomic E-state index is -1.30. The van der Waals surface area contributed by atoms with Crippen molar-refractivity contribution in [2.45, 2.75) is 29.6 Å². The Morgan fingerprint density at radius 1 is 0.784 bits per heavy atom. The van der Waals surface area contributed by atoms with E-state index in [2.05, 4.69) is 5.32 Å². The Hall–Kier alpha value is -3.48. The summed E-state index contributed by atoms with van der Waals surface area (Å²) in [6.07, 6.45) is 0. The van der Waals surface area contributed by atoms with Gasteiger partial charge in [-0.15, -0.1) is 23.2 Å². The lowest BCUT2D eigenvalue weighted by Gasteiger charge is -2.54. The molecule has 2 bridgehead atoms. The van der Waals surface area contributed by atoms with Crippen molar-refractivity contribution in [3.8, 4) is 0 Å². The molecule has 1 aliphatic heterocycles. The molecule has 0 radical (unpaired) electrons. The highest BCUT2D eigenvalue weighted by Gasteiger charge is 2.73. The van der Waals surface area contributed by atoms with E-state index < -0.39 is 45.3 Å². The van der Waals surface area contributed by atoms with E-state index >= 15 is 0 Å². The second-order valence-corrected chi connectivity index (χ2v) is 11.0. The molecule has 0 saturated carbocycles. The van der Waals surface area contributed by atoms with Crippen LogP contribution < -0.4 is 5.32 Å². The third-order valence-electron chi connectivity index (χ3n) is 7.95. The van der Waals surface area contributed by atoms with Crippen molar-refractivity contribution >= 4 is 52.4 Å². The molecule has 1 fully saturated rings. The lowest BCUT2D eigenvalue weighted by Crippen LogP contribution is -2.57. The zero-order valence-corrected chi connectivity index (χ0v) is 21.5. The summed E-state index contributed by atoms with van der Waals surface area (Å²) in [7, 11) is 0. The summed E-state index contributed by atoms with van der Waals surface area (Å²) in [5.41, 5.74) is 3.78. The highest BCUT2D eigenvalue weighted by Crippen LogP contribution is 2.69. The minimum absolute atomic E-state index is 0.0938. The van der Waals surface area contributed by atoms with Gasteiger partial charge >= 0.3 is 0 Å². The number of rotatable bonds is 4. The summed E-state index contributed by atoms with van der Waals surface area (Å²) in [6.45, 7) is 2.97. The van der Waals surface area contributed by atoms with Crippen molar-refractivity contribution in [3.63, 3.8) is 0 Å². The molecule has 8 heteroatoms. The van der Waals surface area contributed by atoms with E-state index in [1.54, 1.807) is 24.3 Å². The summed E-state index contributed by atoms with van der Waals surface area (Å²) < 4.78 is 0. The molecule has 4 aliphatic rings. The molecule has 37 heavy (non-hydrogen) atoms. The first kappa shape index (κ1) is 23.9. The van der Waals surface area contributed by atoms with E-state index in [-0.39, 0.29) is 5.78 Å². The molecule has 3 aromatic carbocycles. The number of carbonyl (C=O) groups is 4. The molecule has 6 nitrogen and oxygen atoms in total. The maximum atomic E-state index is 14.0. The SMILES string of the molecule is CC(=O)c1ccc(NC(=O)[C@H](C)N2C(=O)[C@@H]3[C@H](C2=O)C2(Cl)c4ccccc4C3(Cl)c3ccccc32)cc1. The van der Waals surface area contributed by atoms with Crippen molar-refractivity contribution in [1.82, 2.24) is 4.90 Å². The van der Waals surface area contributed by atoms with Crippen LogP contribution in [0, 0.1) is 11.8 Å². The molecule has 3 amide bonds. The third-order valence-corrected chi connectivity index (χ3v) is 9.23. The predicted molar refractivity (Wildman–Crippen MR) is 140 cm³/mol. The fraction of sp³-hybridized carbons (Fsp3) is 0.241. The molecule has 1 heterocycles. The summed E-state index contributed by atoms with van der Waals surface area (Å²) >= 11 is 14.8.